The van der Waals surface area contributed by atoms with E-state index in [0.29, 0.717) is 12.2 Å². The third-order valence-corrected chi connectivity index (χ3v) is 2.84. The molecular weight excluding hydrogens is 259 g/mol. The molecule has 0 aromatic heterocycles. The maximum Gasteiger partial charge on any atom is 0.403 e. The number of halogens is 3. The lowest BCUT2D eigenvalue weighted by Gasteiger charge is -2.27. The Labute approximate surface area is 109 Å². The number of hydrogen-bond acceptors (Lipinski definition) is 2. The van der Waals surface area contributed by atoms with Crippen molar-refractivity contribution < 1.29 is 23.1 Å². The largest absolute Gasteiger partial charge is 0.481 e. The van der Waals surface area contributed by atoms with E-state index in [9.17, 15) is 18.0 Å². The maximum atomic E-state index is 12.7. The molecule has 1 aromatic rings. The highest BCUT2D eigenvalue weighted by Crippen LogP contribution is 2.29. The smallest absolute Gasteiger partial charge is 0.403 e. The highest BCUT2D eigenvalue weighted by molar-refractivity contribution is 5.72. The van der Waals surface area contributed by atoms with E-state index in [0.717, 1.165) is 5.56 Å². The molecule has 0 bridgehead atoms. The number of rotatable bonds is 5. The highest BCUT2D eigenvalue weighted by atomic mass is 19.4. The van der Waals surface area contributed by atoms with Crippen molar-refractivity contribution in [3.8, 4) is 0 Å². The van der Waals surface area contributed by atoms with Crippen LogP contribution >= 0.6 is 0 Å². The number of carboxylic acid groups (broad SMARTS) is 1. The fourth-order valence-electron chi connectivity index (χ4n) is 1.78. The van der Waals surface area contributed by atoms with Crippen molar-refractivity contribution >= 4 is 11.7 Å². The van der Waals surface area contributed by atoms with Crippen LogP contribution in [0.5, 0.6) is 0 Å². The van der Waals surface area contributed by atoms with Gasteiger partial charge in [-0.25, -0.2) is 0 Å². The van der Waals surface area contributed by atoms with E-state index >= 15 is 0 Å². The molecule has 0 saturated heterocycles. The van der Waals surface area contributed by atoms with Crippen LogP contribution in [-0.4, -0.2) is 30.3 Å². The van der Waals surface area contributed by atoms with Crippen molar-refractivity contribution in [3.05, 3.63) is 29.8 Å². The predicted octanol–water partition coefficient (Wildman–Crippen LogP) is 3.08. The fourth-order valence-corrected chi connectivity index (χ4v) is 1.78. The minimum Gasteiger partial charge on any atom is -0.481 e. The van der Waals surface area contributed by atoms with Crippen LogP contribution in [0.1, 0.15) is 12.5 Å². The molecule has 1 unspecified atom stereocenters. The van der Waals surface area contributed by atoms with Crippen molar-refractivity contribution in [2.24, 2.45) is 5.92 Å². The van der Waals surface area contributed by atoms with Crippen molar-refractivity contribution in [2.45, 2.75) is 20.0 Å². The SMILES string of the molecule is CCN(CC(C(=O)O)C(F)(F)F)c1cccc(C)c1. The van der Waals surface area contributed by atoms with Crippen LogP contribution in [0.25, 0.3) is 0 Å². The van der Waals surface area contributed by atoms with Crippen LogP contribution in [0.4, 0.5) is 18.9 Å². The van der Waals surface area contributed by atoms with Gasteiger partial charge >= 0.3 is 12.1 Å². The van der Waals surface area contributed by atoms with Gasteiger partial charge in [-0.05, 0) is 31.5 Å². The maximum absolute atomic E-state index is 12.7. The van der Waals surface area contributed by atoms with E-state index in [4.69, 9.17) is 5.11 Å². The molecule has 0 spiro atoms. The molecule has 1 rings (SSSR count). The van der Waals surface area contributed by atoms with Gasteiger partial charge in [0.2, 0.25) is 0 Å². The number of carbonyl (C=O) groups is 1. The lowest BCUT2D eigenvalue weighted by atomic mass is 10.1. The van der Waals surface area contributed by atoms with Crippen LogP contribution in [0.15, 0.2) is 24.3 Å². The van der Waals surface area contributed by atoms with Crippen LogP contribution in [0.2, 0.25) is 0 Å². The summed E-state index contributed by atoms with van der Waals surface area (Å²) in [6, 6.07) is 6.97. The van der Waals surface area contributed by atoms with Gasteiger partial charge in [-0.15, -0.1) is 0 Å². The molecule has 1 N–H and O–H groups in total. The predicted molar refractivity (Wildman–Crippen MR) is 66.2 cm³/mol. The van der Waals surface area contributed by atoms with E-state index < -0.39 is 24.6 Å². The van der Waals surface area contributed by atoms with Crippen molar-refractivity contribution in [1.29, 1.82) is 0 Å². The van der Waals surface area contributed by atoms with Crippen LogP contribution < -0.4 is 4.90 Å². The average molecular weight is 275 g/mol. The van der Waals surface area contributed by atoms with Gasteiger partial charge in [-0.2, -0.15) is 13.2 Å². The Balaban J connectivity index is 2.95. The molecule has 0 fully saturated rings. The summed E-state index contributed by atoms with van der Waals surface area (Å²) in [7, 11) is 0. The molecule has 1 aromatic carbocycles. The molecule has 0 aliphatic rings. The van der Waals surface area contributed by atoms with E-state index in [1.807, 2.05) is 13.0 Å². The Hall–Kier alpha value is -1.72. The molecule has 0 saturated carbocycles. The second-order valence-electron chi connectivity index (χ2n) is 4.31. The number of carboxylic acids is 1. The topological polar surface area (TPSA) is 40.5 Å². The van der Waals surface area contributed by atoms with Gasteiger partial charge in [0.1, 0.15) is 0 Å². The highest BCUT2D eigenvalue weighted by Gasteiger charge is 2.45. The zero-order chi connectivity index (χ0) is 14.6. The van der Waals surface area contributed by atoms with Gasteiger partial charge < -0.3 is 10.0 Å². The second-order valence-corrected chi connectivity index (χ2v) is 4.31. The van der Waals surface area contributed by atoms with Gasteiger partial charge in [-0.1, -0.05) is 12.1 Å². The Bertz CT molecular complexity index is 446. The first-order valence-corrected chi connectivity index (χ1v) is 5.86. The summed E-state index contributed by atoms with van der Waals surface area (Å²) in [6.07, 6.45) is -4.75. The zero-order valence-corrected chi connectivity index (χ0v) is 10.7. The Kier molecular flexibility index (Phi) is 4.80. The molecular formula is C13H16F3NO2. The summed E-state index contributed by atoms with van der Waals surface area (Å²) in [5, 5.41) is 8.71. The van der Waals surface area contributed by atoms with Crippen LogP contribution in [-0.2, 0) is 4.79 Å². The zero-order valence-electron chi connectivity index (χ0n) is 10.7. The minimum absolute atomic E-state index is 0.309. The number of alkyl halides is 3. The lowest BCUT2D eigenvalue weighted by Crippen LogP contribution is -2.41. The van der Waals surface area contributed by atoms with E-state index in [2.05, 4.69) is 0 Å². The average Bonchev–Trinajstić information content (AvgIpc) is 2.27. The number of hydrogen-bond donors (Lipinski definition) is 1. The molecule has 0 aliphatic carbocycles. The Morgan fingerprint density at radius 1 is 1.42 bits per heavy atom. The van der Waals surface area contributed by atoms with Crippen molar-refractivity contribution in [1.82, 2.24) is 0 Å². The number of aliphatic carboxylic acids is 1. The van der Waals surface area contributed by atoms with Gasteiger partial charge in [0.15, 0.2) is 5.92 Å². The van der Waals surface area contributed by atoms with Gasteiger partial charge in [0.05, 0.1) is 0 Å². The summed E-state index contributed by atoms with van der Waals surface area (Å²) in [5.74, 6) is -4.23. The van der Waals surface area contributed by atoms with Gasteiger partial charge in [0.25, 0.3) is 0 Å². The molecule has 0 amide bonds. The second kappa shape index (κ2) is 5.95. The summed E-state index contributed by atoms with van der Waals surface area (Å²) in [6.45, 7) is 3.25. The van der Waals surface area contributed by atoms with Gasteiger partial charge in [0, 0.05) is 18.8 Å². The molecule has 0 radical (unpaired) electrons. The normalized spacial score (nSPS) is 13.1. The third kappa shape index (κ3) is 4.15. The van der Waals surface area contributed by atoms with Crippen molar-refractivity contribution in [2.75, 3.05) is 18.0 Å². The summed E-state index contributed by atoms with van der Waals surface area (Å²) >= 11 is 0. The van der Waals surface area contributed by atoms with E-state index in [1.54, 1.807) is 25.1 Å². The Morgan fingerprint density at radius 3 is 2.47 bits per heavy atom. The van der Waals surface area contributed by atoms with E-state index in [1.165, 1.54) is 4.90 Å². The molecule has 6 heteroatoms. The van der Waals surface area contributed by atoms with Crippen LogP contribution in [0, 0.1) is 12.8 Å². The number of benzene rings is 1. The quantitative estimate of drug-likeness (QED) is 0.897. The number of nitrogens with zero attached hydrogens (tertiary/aromatic N) is 1. The summed E-state index contributed by atoms with van der Waals surface area (Å²) in [5.41, 5.74) is 1.51. The monoisotopic (exact) mass is 275 g/mol. The van der Waals surface area contributed by atoms with E-state index in [-0.39, 0.29) is 0 Å². The van der Waals surface area contributed by atoms with Crippen LogP contribution in [0.3, 0.4) is 0 Å². The number of anilines is 1. The summed E-state index contributed by atoms with van der Waals surface area (Å²) in [4.78, 5) is 12.2. The molecule has 3 nitrogen and oxygen atoms in total. The molecule has 1 atom stereocenters. The first-order valence-electron chi connectivity index (χ1n) is 5.86. The first-order chi connectivity index (χ1) is 8.75. The lowest BCUT2D eigenvalue weighted by molar-refractivity contribution is -0.191. The first kappa shape index (κ1) is 15.3. The molecule has 0 heterocycles. The molecule has 19 heavy (non-hydrogen) atoms. The molecule has 0 aliphatic heterocycles. The fraction of sp³-hybridized carbons (Fsp3) is 0.462. The number of aryl methyl sites for hydroxylation is 1. The molecule has 106 valence electrons. The summed E-state index contributed by atoms with van der Waals surface area (Å²) < 4.78 is 38.0. The van der Waals surface area contributed by atoms with Gasteiger partial charge in [-0.3, -0.25) is 4.79 Å². The third-order valence-electron chi connectivity index (χ3n) is 2.84. The standard InChI is InChI=1S/C13H16F3NO2/c1-3-17(10-6-4-5-9(2)7-10)8-11(12(18)19)13(14,15)16/h4-7,11H,3,8H2,1-2H3,(H,18,19). The minimum atomic E-state index is -4.75. The Morgan fingerprint density at radius 2 is 2.05 bits per heavy atom. The van der Waals surface area contributed by atoms with Crippen molar-refractivity contribution in [3.63, 3.8) is 0 Å².